The monoisotopic (exact) mass is 454 g/mol. The number of piperazine rings is 1. The smallest absolute Gasteiger partial charge is 0.459 e. The van der Waals surface area contributed by atoms with Crippen molar-refractivity contribution in [1.29, 1.82) is 0 Å². The molecule has 2 aliphatic heterocycles. The highest BCUT2D eigenvalue weighted by molar-refractivity contribution is 6.51. The van der Waals surface area contributed by atoms with Crippen LogP contribution in [0.5, 0.6) is 0 Å². The van der Waals surface area contributed by atoms with Crippen molar-refractivity contribution in [3.63, 3.8) is 0 Å². The van der Waals surface area contributed by atoms with E-state index in [1.54, 1.807) is 0 Å². The molecular weight excluding hydrogens is 411 g/mol. The summed E-state index contributed by atoms with van der Waals surface area (Å²) in [5.41, 5.74) is -1.06. The van der Waals surface area contributed by atoms with Crippen molar-refractivity contribution in [2.24, 2.45) is 0 Å². The van der Waals surface area contributed by atoms with Gasteiger partial charge in [-0.1, -0.05) is 12.1 Å². The maximum atomic E-state index is 11.9. The molecule has 0 N–H and O–H groups in total. The molecule has 0 radical (unpaired) electrons. The molecule has 0 saturated carbocycles. The maximum Gasteiger partial charge on any atom is 0.486 e. The molecule has 0 aliphatic carbocycles. The minimum atomic E-state index is -0.427. The van der Waals surface area contributed by atoms with E-state index in [1.807, 2.05) is 60.5 Å². The summed E-state index contributed by atoms with van der Waals surface area (Å²) in [5.74, 6) is 1.75. The Morgan fingerprint density at radius 3 is 2.09 bits per heavy atom. The Hall–Kier alpha value is -0.965. The third-order valence-electron chi connectivity index (χ3n) is 5.94. The van der Waals surface area contributed by atoms with Gasteiger partial charge in [0.05, 0.1) is 44.2 Å². The fourth-order valence-corrected chi connectivity index (χ4v) is 3.43. The fraction of sp³-hybridized carbons (Fsp3) is 0.870. The molecule has 2 saturated heterocycles. The van der Waals surface area contributed by atoms with Crippen molar-refractivity contribution < 1.29 is 28.3 Å². The van der Waals surface area contributed by atoms with Gasteiger partial charge in [0, 0.05) is 32.7 Å². The summed E-state index contributed by atoms with van der Waals surface area (Å²) in [7, 11) is -0.329. The molecule has 0 spiro atoms. The summed E-state index contributed by atoms with van der Waals surface area (Å²) in [5, 5.41) is 0. The molecule has 8 nitrogen and oxygen atoms in total. The summed E-state index contributed by atoms with van der Waals surface area (Å²) in [4.78, 5) is 16.4. The van der Waals surface area contributed by atoms with Gasteiger partial charge in [-0.25, -0.2) is 0 Å². The Kier molecular flexibility index (Phi) is 10.2. The zero-order chi connectivity index (χ0) is 23.8. The van der Waals surface area contributed by atoms with Crippen molar-refractivity contribution in [3.8, 4) is 0 Å². The molecule has 2 heterocycles. The molecule has 184 valence electrons. The second kappa shape index (κ2) is 11.9. The van der Waals surface area contributed by atoms with Crippen LogP contribution >= 0.6 is 0 Å². The molecule has 0 bridgehead atoms. The van der Waals surface area contributed by atoms with Crippen LogP contribution in [0.25, 0.3) is 0 Å². The van der Waals surface area contributed by atoms with E-state index in [-0.39, 0.29) is 24.3 Å². The molecule has 0 amide bonds. The number of hydrogen-bond donors (Lipinski definition) is 0. The Morgan fingerprint density at radius 1 is 0.938 bits per heavy atom. The summed E-state index contributed by atoms with van der Waals surface area (Å²) in [6, 6.07) is 0. The third kappa shape index (κ3) is 9.49. The van der Waals surface area contributed by atoms with Gasteiger partial charge in [-0.2, -0.15) is 0 Å². The third-order valence-corrected chi connectivity index (χ3v) is 5.94. The van der Waals surface area contributed by atoms with Crippen LogP contribution < -0.4 is 0 Å². The molecule has 0 unspecified atom stereocenters. The first-order valence-corrected chi connectivity index (χ1v) is 11.7. The Bertz CT molecular complexity index is 596. The van der Waals surface area contributed by atoms with Crippen LogP contribution in [0, 0.1) is 0 Å². The first kappa shape index (κ1) is 27.3. The highest BCUT2D eigenvalue weighted by Gasteiger charge is 2.49. The van der Waals surface area contributed by atoms with Crippen LogP contribution in [-0.4, -0.2) is 105 Å². The van der Waals surface area contributed by atoms with Crippen LogP contribution in [-0.2, 0) is 28.3 Å². The van der Waals surface area contributed by atoms with Crippen molar-refractivity contribution in [2.45, 2.75) is 65.3 Å². The molecule has 0 aromatic carbocycles. The molecule has 2 rings (SSSR count). The molecule has 9 heteroatoms. The Balaban J connectivity index is 1.45. The highest BCUT2D eigenvalue weighted by atomic mass is 16.7. The van der Waals surface area contributed by atoms with Gasteiger partial charge in [0.15, 0.2) is 0 Å². The van der Waals surface area contributed by atoms with Gasteiger partial charge >= 0.3 is 13.1 Å². The number of rotatable bonds is 11. The Morgan fingerprint density at radius 2 is 1.50 bits per heavy atom. The van der Waals surface area contributed by atoms with E-state index in [9.17, 15) is 4.79 Å². The summed E-state index contributed by atoms with van der Waals surface area (Å²) in [6.07, 6.45) is 1.93. The van der Waals surface area contributed by atoms with Gasteiger partial charge in [0.1, 0.15) is 5.60 Å². The van der Waals surface area contributed by atoms with Gasteiger partial charge in [0.2, 0.25) is 0 Å². The minimum absolute atomic E-state index is 0.153. The van der Waals surface area contributed by atoms with E-state index in [0.717, 1.165) is 32.7 Å². The lowest BCUT2D eigenvalue weighted by Crippen LogP contribution is -2.49. The number of esters is 1. The van der Waals surface area contributed by atoms with Gasteiger partial charge in [-0.05, 0) is 48.5 Å². The van der Waals surface area contributed by atoms with Crippen molar-refractivity contribution in [1.82, 2.24) is 9.80 Å². The fourth-order valence-electron chi connectivity index (χ4n) is 3.43. The molecule has 0 atom stereocenters. The number of hydrogen-bond acceptors (Lipinski definition) is 8. The second-order valence-corrected chi connectivity index (χ2v) is 10.4. The summed E-state index contributed by atoms with van der Waals surface area (Å²) in [6.45, 7) is 21.0. The number of carbonyl (C=O) groups is 1. The summed E-state index contributed by atoms with van der Waals surface area (Å²) < 4.78 is 28.5. The van der Waals surface area contributed by atoms with E-state index >= 15 is 0 Å². The standard InChI is InChI=1S/C23H43BN2O6/c1-21(2,3)30-20(27)19-26-12-10-25(11-13-26)14-16-29-18-17-28-15-8-9-24-31-22(4,5)23(6,7)32-24/h8-9H,10-19H2,1-7H3/b9-8+. The molecule has 2 aliphatic rings. The topological polar surface area (TPSA) is 69.7 Å². The lowest BCUT2D eigenvalue weighted by molar-refractivity contribution is -0.156. The van der Waals surface area contributed by atoms with Crippen LogP contribution in [0.3, 0.4) is 0 Å². The van der Waals surface area contributed by atoms with E-state index < -0.39 is 5.60 Å². The number of ether oxygens (including phenoxy) is 3. The van der Waals surface area contributed by atoms with Crippen LogP contribution in [0.2, 0.25) is 0 Å². The highest BCUT2D eigenvalue weighted by Crippen LogP contribution is 2.36. The zero-order valence-corrected chi connectivity index (χ0v) is 21.1. The van der Waals surface area contributed by atoms with Crippen LogP contribution in [0.15, 0.2) is 12.1 Å². The lowest BCUT2D eigenvalue weighted by Gasteiger charge is -2.34. The van der Waals surface area contributed by atoms with Gasteiger partial charge < -0.3 is 23.5 Å². The molecular formula is C23H43BN2O6. The first-order chi connectivity index (χ1) is 14.9. The molecule has 0 aromatic rings. The molecule has 0 aromatic heterocycles. The second-order valence-electron chi connectivity index (χ2n) is 10.4. The van der Waals surface area contributed by atoms with E-state index in [2.05, 4.69) is 9.80 Å². The van der Waals surface area contributed by atoms with E-state index in [1.165, 1.54) is 0 Å². The van der Waals surface area contributed by atoms with Gasteiger partial charge in [0.25, 0.3) is 0 Å². The predicted octanol–water partition coefficient (Wildman–Crippen LogP) is 2.17. The SMILES string of the molecule is CC(C)(C)OC(=O)CN1CCN(CCOCCOC/C=C/B2OC(C)(C)C(C)(C)O2)CC1. The van der Waals surface area contributed by atoms with Crippen molar-refractivity contribution in [3.05, 3.63) is 12.1 Å². The lowest BCUT2D eigenvalue weighted by atomic mass is 9.90. The number of nitrogens with zero attached hydrogens (tertiary/aromatic N) is 2. The quantitative estimate of drug-likeness (QED) is 0.267. The van der Waals surface area contributed by atoms with E-state index in [4.69, 9.17) is 23.5 Å². The van der Waals surface area contributed by atoms with Crippen LogP contribution in [0.4, 0.5) is 0 Å². The minimum Gasteiger partial charge on any atom is -0.459 e. The Labute approximate surface area is 194 Å². The van der Waals surface area contributed by atoms with Gasteiger partial charge in [-0.3, -0.25) is 14.6 Å². The molecule has 2 fully saturated rings. The number of carbonyl (C=O) groups excluding carboxylic acids is 1. The first-order valence-electron chi connectivity index (χ1n) is 11.7. The average Bonchev–Trinajstić information content (AvgIpc) is 2.86. The summed E-state index contributed by atoms with van der Waals surface area (Å²) >= 11 is 0. The van der Waals surface area contributed by atoms with Crippen molar-refractivity contribution in [2.75, 3.05) is 65.7 Å². The normalized spacial score (nSPS) is 22.0. The van der Waals surface area contributed by atoms with Crippen molar-refractivity contribution >= 4 is 13.1 Å². The zero-order valence-electron chi connectivity index (χ0n) is 21.1. The average molecular weight is 454 g/mol. The maximum absolute atomic E-state index is 11.9. The van der Waals surface area contributed by atoms with Crippen LogP contribution in [0.1, 0.15) is 48.5 Å². The largest absolute Gasteiger partial charge is 0.486 e. The van der Waals surface area contributed by atoms with Gasteiger partial charge in [-0.15, -0.1) is 0 Å². The van der Waals surface area contributed by atoms with E-state index in [0.29, 0.717) is 33.0 Å². The molecule has 32 heavy (non-hydrogen) atoms. The predicted molar refractivity (Wildman–Crippen MR) is 126 cm³/mol.